The first-order chi connectivity index (χ1) is 16.2. The highest BCUT2D eigenvalue weighted by atomic mass is 32.2. The zero-order chi connectivity index (χ0) is 24.6. The molecule has 15 heteroatoms. The number of aliphatic carboxylic acids is 1. The number of nitrogen functional groups attached to an aromatic ring is 1. The minimum absolute atomic E-state index is 0.161. The molecule has 0 radical (unpaired) electrons. The lowest BCUT2D eigenvalue weighted by Crippen LogP contribution is -2.71. The van der Waals surface area contributed by atoms with Crippen LogP contribution in [0.15, 0.2) is 47.4 Å². The number of aromatic nitrogens is 1. The van der Waals surface area contributed by atoms with E-state index in [-0.39, 0.29) is 28.0 Å². The van der Waals surface area contributed by atoms with E-state index in [1.54, 1.807) is 13.0 Å². The lowest BCUT2D eigenvalue weighted by Gasteiger charge is -2.49. The van der Waals surface area contributed by atoms with Crippen LogP contribution in [0.3, 0.4) is 0 Å². The zero-order valence-corrected chi connectivity index (χ0v) is 20.1. The Balaban J connectivity index is 1.55. The molecule has 2 amide bonds. The number of carboxylic acid groups (broad SMARTS) is 1. The van der Waals surface area contributed by atoms with Crippen molar-refractivity contribution in [1.82, 2.24) is 15.2 Å². The summed E-state index contributed by atoms with van der Waals surface area (Å²) >= 11 is 3.48. The molecule has 0 aromatic carbocycles. The van der Waals surface area contributed by atoms with E-state index in [4.69, 9.17) is 15.0 Å². The van der Waals surface area contributed by atoms with Crippen molar-refractivity contribution in [2.45, 2.75) is 23.2 Å². The Morgan fingerprint density at radius 1 is 1.41 bits per heavy atom. The Bertz CT molecular complexity index is 1300. The Labute approximate surface area is 204 Å². The fraction of sp³-hybridized carbons (Fsp3) is 0.263. The third-order valence-corrected chi connectivity index (χ3v) is 7.88. The number of carbonyl (C=O) groups is 3. The average Bonchev–Trinajstić information content (AvgIpc) is 3.20. The van der Waals surface area contributed by atoms with Crippen molar-refractivity contribution in [3.05, 3.63) is 50.0 Å². The number of aryl methyl sites for hydroxylation is 1. The van der Waals surface area contributed by atoms with Crippen LogP contribution < -0.4 is 16.7 Å². The molecule has 12 nitrogen and oxygen atoms in total. The summed E-state index contributed by atoms with van der Waals surface area (Å²) in [7, 11) is 1.26. The van der Waals surface area contributed by atoms with Gasteiger partial charge in [-0.1, -0.05) is 16.9 Å². The number of oxime groups is 1. The fourth-order valence-corrected chi connectivity index (χ4v) is 6.48. The Morgan fingerprint density at radius 3 is 2.79 bits per heavy atom. The van der Waals surface area contributed by atoms with E-state index in [0.29, 0.717) is 15.6 Å². The van der Waals surface area contributed by atoms with Gasteiger partial charge in [0, 0.05) is 27.0 Å². The molecule has 0 spiro atoms. The number of nitrogens with zero attached hydrogens (tertiary/aromatic N) is 3. The van der Waals surface area contributed by atoms with Crippen LogP contribution in [0, 0.1) is 6.92 Å². The first kappa shape index (κ1) is 23.8. The summed E-state index contributed by atoms with van der Waals surface area (Å²) in [5.74, 6) is -1.94. The Hall–Kier alpha value is -3.30. The van der Waals surface area contributed by atoms with E-state index in [1.807, 2.05) is 0 Å². The number of carboxylic acids is 1. The highest BCUT2D eigenvalue weighted by Crippen LogP contribution is 2.45. The number of β-lactam (4-membered cyclic amide) rings is 1. The van der Waals surface area contributed by atoms with E-state index in [2.05, 4.69) is 15.5 Å². The summed E-state index contributed by atoms with van der Waals surface area (Å²) in [6, 6.07) is 1.89. The van der Waals surface area contributed by atoms with Gasteiger partial charge in [-0.05, 0) is 13.0 Å². The molecule has 4 heterocycles. The van der Waals surface area contributed by atoms with Gasteiger partial charge in [0.05, 0.1) is 0 Å². The first-order valence-electron chi connectivity index (χ1n) is 9.53. The maximum absolute atomic E-state index is 12.9. The number of carbonyl (C=O) groups excluding carboxylic acids is 2. The average molecular weight is 524 g/mol. The number of hydrogen-bond donors (Lipinski definition) is 3. The number of fused-ring (bicyclic) bond motifs is 1. The molecule has 4 rings (SSSR count). The van der Waals surface area contributed by atoms with E-state index < -0.39 is 34.8 Å². The summed E-state index contributed by atoms with van der Waals surface area (Å²) < 4.78 is 4.93. The second-order valence-electron chi connectivity index (χ2n) is 6.96. The number of hydrogen-bond acceptors (Lipinski definition) is 12. The van der Waals surface area contributed by atoms with Crippen LogP contribution in [-0.4, -0.2) is 62.8 Å². The number of nitrogens with one attached hydrogen (secondary N) is 1. The molecule has 0 aliphatic carbocycles. The lowest BCUT2D eigenvalue weighted by molar-refractivity contribution is -0.150. The maximum Gasteiger partial charge on any atom is 0.353 e. The van der Waals surface area contributed by atoms with Crippen LogP contribution in [0.25, 0.3) is 0 Å². The quantitative estimate of drug-likeness (QED) is 0.266. The van der Waals surface area contributed by atoms with Crippen LogP contribution in [0.5, 0.6) is 0 Å². The molecule has 178 valence electrons. The summed E-state index contributed by atoms with van der Waals surface area (Å²) in [6.07, 6.45) is 0. The monoisotopic (exact) mass is 523 g/mol. The largest absolute Gasteiger partial charge is 0.477 e. The molecule has 2 aliphatic heterocycles. The predicted molar refractivity (Wildman–Crippen MR) is 125 cm³/mol. The van der Waals surface area contributed by atoms with E-state index in [0.717, 1.165) is 28.0 Å². The molecule has 1 saturated heterocycles. The zero-order valence-electron chi connectivity index (χ0n) is 17.6. The predicted octanol–water partition coefficient (Wildman–Crippen LogP) is 0.826. The van der Waals surface area contributed by atoms with Crippen LogP contribution in [0.2, 0.25) is 0 Å². The molecule has 2 aromatic rings. The second-order valence-corrected chi connectivity index (χ2v) is 10.1. The summed E-state index contributed by atoms with van der Waals surface area (Å²) in [4.78, 5) is 60.2. The SMILES string of the molecule is CO/N=C(\C(=O)N[C@@H]1C(=O)N2C(C(=O)O)=C(Sc3cc(C)oc(=O)c3)CS[C@H]12)c1csc(N)n1. The van der Waals surface area contributed by atoms with Crippen molar-refractivity contribution in [2.24, 2.45) is 5.16 Å². The lowest BCUT2D eigenvalue weighted by atomic mass is 10.0. The normalized spacial score (nSPS) is 20.0. The van der Waals surface area contributed by atoms with Crippen molar-refractivity contribution >= 4 is 63.5 Å². The summed E-state index contributed by atoms with van der Waals surface area (Å²) in [5.41, 5.74) is 4.90. The number of thioether (sulfide) groups is 2. The molecule has 0 saturated carbocycles. The molecular weight excluding hydrogens is 506 g/mol. The van der Waals surface area contributed by atoms with Crippen molar-refractivity contribution in [3.8, 4) is 0 Å². The van der Waals surface area contributed by atoms with Gasteiger partial charge >= 0.3 is 11.6 Å². The number of nitrogens with two attached hydrogens (primary N) is 1. The first-order valence-corrected chi connectivity index (χ1v) is 12.3. The van der Waals surface area contributed by atoms with Crippen molar-refractivity contribution < 1.29 is 28.7 Å². The molecule has 34 heavy (non-hydrogen) atoms. The highest BCUT2D eigenvalue weighted by Gasteiger charge is 2.54. The molecule has 2 atom stereocenters. The van der Waals surface area contributed by atoms with Gasteiger partial charge in [-0.15, -0.1) is 23.1 Å². The number of anilines is 1. The fourth-order valence-electron chi connectivity index (χ4n) is 3.35. The minimum Gasteiger partial charge on any atom is -0.477 e. The Morgan fingerprint density at radius 2 is 2.18 bits per heavy atom. The highest BCUT2D eigenvalue weighted by molar-refractivity contribution is 8.06. The topological polar surface area (TPSA) is 177 Å². The molecule has 1 fully saturated rings. The second kappa shape index (κ2) is 9.52. The van der Waals surface area contributed by atoms with Crippen LogP contribution in [0.1, 0.15) is 11.5 Å². The van der Waals surface area contributed by atoms with Gasteiger partial charge in [0.2, 0.25) is 0 Å². The van der Waals surface area contributed by atoms with Gasteiger partial charge in [0.15, 0.2) is 10.8 Å². The number of rotatable bonds is 7. The summed E-state index contributed by atoms with van der Waals surface area (Å²) in [6.45, 7) is 1.61. The van der Waals surface area contributed by atoms with Gasteiger partial charge in [-0.2, -0.15) is 0 Å². The van der Waals surface area contributed by atoms with E-state index >= 15 is 0 Å². The number of amides is 2. The van der Waals surface area contributed by atoms with Crippen LogP contribution in [0.4, 0.5) is 5.13 Å². The molecular formula is C19H17N5O7S3. The van der Waals surface area contributed by atoms with Crippen molar-refractivity contribution in [3.63, 3.8) is 0 Å². The van der Waals surface area contributed by atoms with Crippen LogP contribution >= 0.6 is 34.9 Å². The molecule has 2 aliphatic rings. The smallest absolute Gasteiger partial charge is 0.353 e. The third kappa shape index (κ3) is 4.53. The van der Waals surface area contributed by atoms with Gasteiger partial charge in [0.25, 0.3) is 11.8 Å². The molecule has 2 aromatic heterocycles. The van der Waals surface area contributed by atoms with Gasteiger partial charge in [-0.25, -0.2) is 14.6 Å². The van der Waals surface area contributed by atoms with Gasteiger partial charge in [0.1, 0.15) is 35.7 Å². The van der Waals surface area contributed by atoms with E-state index in [9.17, 15) is 24.3 Å². The standard InChI is InChI=1S/C19H17N5O7S3/c1-7-3-8(4-11(25)31-7)34-10-6-32-17-13(16(27)24(17)14(10)18(28)29)22-15(26)12(23-30-2)9-5-33-19(20)21-9/h3-5,13,17H,6H2,1-2H3,(H2,20,21)(H,22,26)(H,28,29)/b23-12-/t13-,17-/m1/s1. The maximum atomic E-state index is 12.9. The number of thiazole rings is 1. The van der Waals surface area contributed by atoms with Crippen molar-refractivity contribution in [1.29, 1.82) is 0 Å². The minimum atomic E-state index is -1.29. The van der Waals surface area contributed by atoms with E-state index in [1.165, 1.54) is 30.3 Å². The molecule has 0 unspecified atom stereocenters. The molecule has 4 N–H and O–H groups in total. The van der Waals surface area contributed by atoms with Gasteiger partial charge in [-0.3, -0.25) is 14.5 Å². The molecule has 0 bridgehead atoms. The van der Waals surface area contributed by atoms with Crippen molar-refractivity contribution in [2.75, 3.05) is 18.6 Å². The van der Waals surface area contributed by atoms with Crippen LogP contribution in [-0.2, 0) is 19.2 Å². The van der Waals surface area contributed by atoms with Gasteiger partial charge < -0.3 is 25.4 Å². The Kier molecular flexibility index (Phi) is 6.67. The summed E-state index contributed by atoms with van der Waals surface area (Å²) in [5, 5.41) is 17.2. The third-order valence-electron chi connectivity index (χ3n) is 4.69.